The van der Waals surface area contributed by atoms with Gasteiger partial charge in [0.15, 0.2) is 0 Å². The van der Waals surface area contributed by atoms with E-state index in [1.807, 2.05) is 0 Å². The number of rotatable bonds is 3. The fourth-order valence-electron chi connectivity index (χ4n) is 1.34. The van der Waals surface area contributed by atoms with Crippen LogP contribution in [0, 0.1) is 0 Å². The van der Waals surface area contributed by atoms with Crippen LogP contribution in [0.3, 0.4) is 0 Å². The molecule has 2 aromatic rings. The summed E-state index contributed by atoms with van der Waals surface area (Å²) in [6.45, 7) is 0. The van der Waals surface area contributed by atoms with Gasteiger partial charge in [-0.3, -0.25) is 0 Å². The SMILES string of the molecule is O=C(O)c1ccc(S(=O)(=O)Cl)cc1.O=C(O)c1ccccc1. The van der Waals surface area contributed by atoms with E-state index < -0.39 is 21.0 Å². The molecule has 8 heteroatoms. The predicted octanol–water partition coefficient (Wildman–Crippen LogP) is 2.70. The maximum Gasteiger partial charge on any atom is 0.335 e. The minimum Gasteiger partial charge on any atom is -0.478 e. The minimum absolute atomic E-state index is 0.0177. The lowest BCUT2D eigenvalue weighted by Gasteiger charge is -1.96. The van der Waals surface area contributed by atoms with Crippen LogP contribution in [0.25, 0.3) is 0 Å². The molecule has 0 saturated heterocycles. The van der Waals surface area contributed by atoms with Crippen molar-refractivity contribution in [2.45, 2.75) is 4.90 Å². The molecule has 0 bridgehead atoms. The summed E-state index contributed by atoms with van der Waals surface area (Å²) in [6, 6.07) is 12.9. The Balaban J connectivity index is 0.000000235. The highest BCUT2D eigenvalue weighted by Crippen LogP contribution is 2.15. The molecule has 0 fully saturated rings. The lowest BCUT2D eigenvalue weighted by Crippen LogP contribution is -1.97. The average Bonchev–Trinajstić information content (AvgIpc) is 2.48. The van der Waals surface area contributed by atoms with Crippen LogP contribution in [-0.4, -0.2) is 30.6 Å². The molecule has 2 rings (SSSR count). The van der Waals surface area contributed by atoms with Gasteiger partial charge in [-0.05, 0) is 36.4 Å². The molecule has 116 valence electrons. The monoisotopic (exact) mass is 342 g/mol. The zero-order chi connectivity index (χ0) is 16.8. The number of hydrogen-bond acceptors (Lipinski definition) is 4. The summed E-state index contributed by atoms with van der Waals surface area (Å²) >= 11 is 0. The third kappa shape index (κ3) is 5.55. The lowest BCUT2D eigenvalue weighted by atomic mass is 10.2. The van der Waals surface area contributed by atoms with E-state index in [9.17, 15) is 18.0 Å². The predicted molar refractivity (Wildman–Crippen MR) is 79.8 cm³/mol. The zero-order valence-corrected chi connectivity index (χ0v) is 12.6. The summed E-state index contributed by atoms with van der Waals surface area (Å²) in [6.07, 6.45) is 0. The Morgan fingerprint density at radius 2 is 1.18 bits per heavy atom. The molecule has 0 saturated carbocycles. The van der Waals surface area contributed by atoms with E-state index >= 15 is 0 Å². The van der Waals surface area contributed by atoms with Gasteiger partial charge < -0.3 is 10.2 Å². The molecule has 22 heavy (non-hydrogen) atoms. The van der Waals surface area contributed by atoms with Gasteiger partial charge >= 0.3 is 11.9 Å². The summed E-state index contributed by atoms with van der Waals surface area (Å²) in [7, 11) is 1.25. The van der Waals surface area contributed by atoms with Crippen molar-refractivity contribution in [2.24, 2.45) is 0 Å². The van der Waals surface area contributed by atoms with Gasteiger partial charge in [0.25, 0.3) is 9.05 Å². The third-order valence-electron chi connectivity index (χ3n) is 2.40. The third-order valence-corrected chi connectivity index (χ3v) is 3.77. The highest BCUT2D eigenvalue weighted by molar-refractivity contribution is 8.13. The van der Waals surface area contributed by atoms with Crippen molar-refractivity contribution in [2.75, 3.05) is 0 Å². The van der Waals surface area contributed by atoms with Crippen molar-refractivity contribution >= 4 is 31.7 Å². The molecule has 2 aromatic carbocycles. The molecule has 0 radical (unpaired) electrons. The van der Waals surface area contributed by atoms with Crippen LogP contribution in [0.1, 0.15) is 20.7 Å². The maximum atomic E-state index is 10.7. The topological polar surface area (TPSA) is 109 Å². The quantitative estimate of drug-likeness (QED) is 0.830. The first-order valence-corrected chi connectivity index (χ1v) is 8.09. The first kappa shape index (κ1) is 17.7. The Kier molecular flexibility index (Phi) is 6.09. The van der Waals surface area contributed by atoms with Crippen LogP contribution in [0.4, 0.5) is 0 Å². The van der Waals surface area contributed by atoms with Crippen molar-refractivity contribution < 1.29 is 28.2 Å². The van der Waals surface area contributed by atoms with Gasteiger partial charge in [0.1, 0.15) is 0 Å². The van der Waals surface area contributed by atoms with E-state index in [4.69, 9.17) is 20.9 Å². The van der Waals surface area contributed by atoms with E-state index in [1.165, 1.54) is 12.1 Å². The second-order valence-corrected chi connectivity index (χ2v) is 6.50. The Labute approximate surface area is 131 Å². The Bertz CT molecular complexity index is 754. The Hall–Kier alpha value is -2.38. The van der Waals surface area contributed by atoms with E-state index in [-0.39, 0.29) is 10.5 Å². The number of aromatic carboxylic acids is 2. The largest absolute Gasteiger partial charge is 0.478 e. The molecule has 0 heterocycles. The van der Waals surface area contributed by atoms with Crippen molar-refractivity contribution in [3.63, 3.8) is 0 Å². The molecule has 0 aliphatic carbocycles. The normalized spacial score (nSPS) is 10.2. The van der Waals surface area contributed by atoms with Crippen LogP contribution in [-0.2, 0) is 9.05 Å². The molecule has 0 spiro atoms. The van der Waals surface area contributed by atoms with Gasteiger partial charge in [-0.25, -0.2) is 18.0 Å². The fourth-order valence-corrected chi connectivity index (χ4v) is 2.11. The minimum atomic E-state index is -3.77. The summed E-state index contributed by atoms with van der Waals surface area (Å²) < 4.78 is 21.5. The van der Waals surface area contributed by atoms with Crippen molar-refractivity contribution in [3.8, 4) is 0 Å². The summed E-state index contributed by atoms with van der Waals surface area (Å²) in [5, 5.41) is 16.9. The standard InChI is InChI=1S/C7H5ClO4S.C7H6O2/c8-13(11,12)6-3-1-5(2-4-6)7(9)10;8-7(9)6-4-2-1-3-5-6/h1-4H,(H,9,10);1-5H,(H,8,9). The molecule has 0 aliphatic heterocycles. The summed E-state index contributed by atoms with van der Waals surface area (Å²) in [5.74, 6) is -1.99. The van der Waals surface area contributed by atoms with Gasteiger partial charge in [0.2, 0.25) is 0 Å². The molecular formula is C14H11ClO6S. The number of halogens is 1. The first-order chi connectivity index (χ1) is 10.2. The molecule has 0 aromatic heterocycles. The van der Waals surface area contributed by atoms with Gasteiger partial charge in [-0.2, -0.15) is 0 Å². The Morgan fingerprint density at radius 1 is 0.773 bits per heavy atom. The molecular weight excluding hydrogens is 332 g/mol. The van der Waals surface area contributed by atoms with E-state index in [0.29, 0.717) is 5.56 Å². The number of hydrogen-bond donors (Lipinski definition) is 2. The highest BCUT2D eigenvalue weighted by Gasteiger charge is 2.10. The van der Waals surface area contributed by atoms with E-state index in [1.54, 1.807) is 30.3 Å². The molecule has 0 unspecified atom stereocenters. The summed E-state index contributed by atoms with van der Waals surface area (Å²) in [5.41, 5.74) is 0.349. The van der Waals surface area contributed by atoms with Crippen LogP contribution in [0.15, 0.2) is 59.5 Å². The van der Waals surface area contributed by atoms with Crippen molar-refractivity contribution in [1.82, 2.24) is 0 Å². The second-order valence-electron chi connectivity index (χ2n) is 3.94. The van der Waals surface area contributed by atoms with E-state index in [2.05, 4.69) is 0 Å². The first-order valence-electron chi connectivity index (χ1n) is 5.78. The van der Waals surface area contributed by atoms with Crippen LogP contribution < -0.4 is 0 Å². The summed E-state index contributed by atoms with van der Waals surface area (Å²) in [4.78, 5) is 20.5. The number of benzene rings is 2. The van der Waals surface area contributed by atoms with Gasteiger partial charge in [-0.15, -0.1) is 0 Å². The van der Waals surface area contributed by atoms with Crippen LogP contribution in [0.5, 0.6) is 0 Å². The van der Waals surface area contributed by atoms with Crippen LogP contribution >= 0.6 is 10.7 Å². The van der Waals surface area contributed by atoms with E-state index in [0.717, 1.165) is 12.1 Å². The van der Waals surface area contributed by atoms with Gasteiger partial charge in [-0.1, -0.05) is 18.2 Å². The molecule has 2 N–H and O–H groups in total. The van der Waals surface area contributed by atoms with Gasteiger partial charge in [0, 0.05) is 10.7 Å². The van der Waals surface area contributed by atoms with Crippen LogP contribution in [0.2, 0.25) is 0 Å². The Morgan fingerprint density at radius 3 is 1.50 bits per heavy atom. The molecule has 6 nitrogen and oxygen atoms in total. The second kappa shape index (κ2) is 7.58. The molecule has 0 aliphatic rings. The lowest BCUT2D eigenvalue weighted by molar-refractivity contribution is 0.0686. The van der Waals surface area contributed by atoms with Crippen molar-refractivity contribution in [3.05, 3.63) is 65.7 Å². The number of carboxylic acid groups (broad SMARTS) is 2. The van der Waals surface area contributed by atoms with Gasteiger partial charge in [0.05, 0.1) is 16.0 Å². The maximum absolute atomic E-state index is 10.7. The average molecular weight is 343 g/mol. The smallest absolute Gasteiger partial charge is 0.335 e. The molecule has 0 atom stereocenters. The number of carbonyl (C=O) groups is 2. The zero-order valence-electron chi connectivity index (χ0n) is 11.0. The molecule has 0 amide bonds. The highest BCUT2D eigenvalue weighted by atomic mass is 35.7. The number of carboxylic acids is 2. The van der Waals surface area contributed by atoms with Crippen molar-refractivity contribution in [1.29, 1.82) is 0 Å². The fraction of sp³-hybridized carbons (Fsp3) is 0.